The molecule has 0 atom stereocenters. The van der Waals surface area contributed by atoms with E-state index in [0.717, 1.165) is 0 Å². The molecule has 0 unspecified atom stereocenters. The number of likely N-dealkylation sites (N-methyl/N-ethyl adjacent to an activating group) is 1. The SMILES string of the molecule is CN1CCN(C23CCC(c4ccccc42)c2ccccc23)CC1.Cl. The molecule has 4 aliphatic rings. The molecule has 2 aromatic rings. The van der Waals surface area contributed by atoms with Crippen molar-refractivity contribution in [1.29, 1.82) is 0 Å². The zero-order chi connectivity index (χ0) is 15.4. The molecule has 0 aromatic heterocycles. The number of hydrogen-bond donors (Lipinski definition) is 0. The van der Waals surface area contributed by atoms with Gasteiger partial charge in [0.25, 0.3) is 0 Å². The topological polar surface area (TPSA) is 6.48 Å². The Bertz CT molecular complexity index is 702. The fourth-order valence-electron chi connectivity index (χ4n) is 5.29. The lowest BCUT2D eigenvalue weighted by Crippen LogP contribution is -2.58. The monoisotopic (exact) mass is 340 g/mol. The highest BCUT2D eigenvalue weighted by Crippen LogP contribution is 2.57. The first-order valence-corrected chi connectivity index (χ1v) is 8.93. The van der Waals surface area contributed by atoms with E-state index in [1.54, 1.807) is 22.3 Å². The highest BCUT2D eigenvalue weighted by Gasteiger charge is 2.51. The molecule has 0 amide bonds. The number of hydrogen-bond acceptors (Lipinski definition) is 2. The van der Waals surface area contributed by atoms with Gasteiger partial charge in [-0.2, -0.15) is 0 Å². The molecular weight excluding hydrogens is 316 g/mol. The third-order valence-electron chi connectivity index (χ3n) is 6.40. The fourth-order valence-corrected chi connectivity index (χ4v) is 5.29. The Labute approximate surface area is 150 Å². The van der Waals surface area contributed by atoms with Crippen molar-refractivity contribution in [1.82, 2.24) is 9.80 Å². The molecule has 24 heavy (non-hydrogen) atoms. The number of halogens is 1. The summed E-state index contributed by atoms with van der Waals surface area (Å²) >= 11 is 0. The molecule has 126 valence electrons. The van der Waals surface area contributed by atoms with Gasteiger partial charge in [0.15, 0.2) is 0 Å². The van der Waals surface area contributed by atoms with Crippen molar-refractivity contribution < 1.29 is 0 Å². The van der Waals surface area contributed by atoms with Crippen LogP contribution < -0.4 is 0 Å². The second-order valence-corrected chi connectivity index (χ2v) is 7.42. The van der Waals surface area contributed by atoms with Crippen molar-refractivity contribution in [2.45, 2.75) is 24.3 Å². The summed E-state index contributed by atoms with van der Waals surface area (Å²) in [7, 11) is 2.24. The van der Waals surface area contributed by atoms with Crippen LogP contribution in [0.25, 0.3) is 0 Å². The number of piperazine rings is 1. The molecular formula is C21H25ClN2. The molecule has 0 N–H and O–H groups in total. The first-order valence-electron chi connectivity index (χ1n) is 8.93. The standard InChI is InChI=1S/C21H24N2.ClH/c1-22-12-14-23(15-13-22)21-11-10-16(17-6-2-4-8-19(17)21)18-7-3-5-9-20(18)21;/h2-9,16H,10-15H2,1H3;1H. The first kappa shape index (κ1) is 16.1. The van der Waals surface area contributed by atoms with Crippen molar-refractivity contribution in [2.24, 2.45) is 0 Å². The largest absolute Gasteiger partial charge is 0.304 e. The van der Waals surface area contributed by atoms with Gasteiger partial charge in [-0.1, -0.05) is 48.5 Å². The van der Waals surface area contributed by atoms with Gasteiger partial charge in [0.1, 0.15) is 0 Å². The van der Waals surface area contributed by atoms with Gasteiger partial charge in [-0.15, -0.1) is 12.4 Å². The second kappa shape index (κ2) is 5.87. The van der Waals surface area contributed by atoms with Crippen molar-refractivity contribution in [2.75, 3.05) is 33.2 Å². The van der Waals surface area contributed by atoms with Gasteiger partial charge in [0.2, 0.25) is 0 Å². The van der Waals surface area contributed by atoms with Crippen LogP contribution in [-0.4, -0.2) is 43.0 Å². The summed E-state index contributed by atoms with van der Waals surface area (Å²) in [6.07, 6.45) is 2.57. The maximum absolute atomic E-state index is 2.78. The highest BCUT2D eigenvalue weighted by molar-refractivity contribution is 5.85. The molecule has 1 heterocycles. The number of nitrogens with zero attached hydrogens (tertiary/aromatic N) is 2. The van der Waals surface area contributed by atoms with Gasteiger partial charge in [0, 0.05) is 32.1 Å². The Kier molecular flexibility index (Phi) is 3.95. The summed E-state index contributed by atoms with van der Waals surface area (Å²) in [5.41, 5.74) is 6.44. The second-order valence-electron chi connectivity index (χ2n) is 7.42. The van der Waals surface area contributed by atoms with Gasteiger partial charge in [-0.25, -0.2) is 0 Å². The summed E-state index contributed by atoms with van der Waals surface area (Å²) in [4.78, 5) is 5.24. The molecule has 0 spiro atoms. The molecule has 3 aliphatic carbocycles. The Morgan fingerprint density at radius 3 is 1.96 bits per heavy atom. The summed E-state index contributed by atoms with van der Waals surface area (Å²) < 4.78 is 0. The normalized spacial score (nSPS) is 28.8. The molecule has 3 heteroatoms. The Balaban J connectivity index is 0.00000146. The molecule has 2 nitrogen and oxygen atoms in total. The maximum atomic E-state index is 2.78. The average molecular weight is 341 g/mol. The zero-order valence-corrected chi connectivity index (χ0v) is 15.1. The van der Waals surface area contributed by atoms with E-state index in [0.29, 0.717) is 5.92 Å². The van der Waals surface area contributed by atoms with Gasteiger partial charge < -0.3 is 4.90 Å². The van der Waals surface area contributed by atoms with Gasteiger partial charge in [0.05, 0.1) is 5.54 Å². The van der Waals surface area contributed by atoms with Crippen molar-refractivity contribution in [3.8, 4) is 0 Å². The molecule has 1 saturated heterocycles. The lowest BCUT2D eigenvalue weighted by molar-refractivity contribution is 0.0429. The number of benzene rings is 2. The molecule has 6 rings (SSSR count). The Morgan fingerprint density at radius 1 is 0.833 bits per heavy atom. The van der Waals surface area contributed by atoms with Gasteiger partial charge >= 0.3 is 0 Å². The van der Waals surface area contributed by atoms with Crippen LogP contribution in [0.1, 0.15) is 41.0 Å². The quantitative estimate of drug-likeness (QED) is 0.778. The van der Waals surface area contributed by atoms with E-state index in [9.17, 15) is 0 Å². The lowest BCUT2D eigenvalue weighted by atomic mass is 9.58. The minimum absolute atomic E-state index is 0. The van der Waals surface area contributed by atoms with E-state index >= 15 is 0 Å². The van der Waals surface area contributed by atoms with Crippen LogP contribution >= 0.6 is 12.4 Å². The Morgan fingerprint density at radius 2 is 1.38 bits per heavy atom. The third-order valence-corrected chi connectivity index (χ3v) is 6.40. The maximum Gasteiger partial charge on any atom is 0.0722 e. The van der Waals surface area contributed by atoms with Crippen LogP contribution in [0, 0.1) is 0 Å². The van der Waals surface area contributed by atoms with Crippen LogP contribution in [-0.2, 0) is 5.54 Å². The molecule has 1 aliphatic heterocycles. The third kappa shape index (κ3) is 2.03. The van der Waals surface area contributed by atoms with Crippen molar-refractivity contribution in [3.63, 3.8) is 0 Å². The lowest BCUT2D eigenvalue weighted by Gasteiger charge is -2.56. The van der Waals surface area contributed by atoms with Crippen LogP contribution in [0.2, 0.25) is 0 Å². The summed E-state index contributed by atoms with van der Waals surface area (Å²) in [6, 6.07) is 18.5. The highest BCUT2D eigenvalue weighted by atomic mass is 35.5. The van der Waals surface area contributed by atoms with Crippen LogP contribution in [0.3, 0.4) is 0 Å². The predicted octanol–water partition coefficient (Wildman–Crippen LogP) is 3.84. The molecule has 1 fully saturated rings. The summed E-state index contributed by atoms with van der Waals surface area (Å²) in [5.74, 6) is 0.608. The molecule has 0 saturated carbocycles. The van der Waals surface area contributed by atoms with E-state index < -0.39 is 0 Å². The van der Waals surface area contributed by atoms with Gasteiger partial charge in [-0.05, 0) is 42.1 Å². The molecule has 2 aromatic carbocycles. The number of fused-ring (bicyclic) bond motifs is 1. The Hall–Kier alpha value is -1.35. The minimum Gasteiger partial charge on any atom is -0.304 e. The predicted molar refractivity (Wildman–Crippen MR) is 101 cm³/mol. The van der Waals surface area contributed by atoms with Crippen LogP contribution in [0.5, 0.6) is 0 Å². The van der Waals surface area contributed by atoms with E-state index in [-0.39, 0.29) is 17.9 Å². The summed E-state index contributed by atoms with van der Waals surface area (Å²) in [5, 5.41) is 0. The van der Waals surface area contributed by atoms with Crippen molar-refractivity contribution >= 4 is 12.4 Å². The van der Waals surface area contributed by atoms with Crippen molar-refractivity contribution in [3.05, 3.63) is 70.8 Å². The summed E-state index contributed by atoms with van der Waals surface area (Å²) in [6.45, 7) is 4.69. The van der Waals surface area contributed by atoms with Gasteiger partial charge in [-0.3, -0.25) is 4.90 Å². The average Bonchev–Trinajstić information content (AvgIpc) is 2.63. The zero-order valence-electron chi connectivity index (χ0n) is 14.2. The van der Waals surface area contributed by atoms with E-state index in [1.165, 1.54) is 39.0 Å². The number of rotatable bonds is 1. The fraction of sp³-hybridized carbons (Fsp3) is 0.429. The molecule has 0 radical (unpaired) electrons. The van der Waals surface area contributed by atoms with E-state index in [4.69, 9.17) is 0 Å². The van der Waals surface area contributed by atoms with Crippen LogP contribution in [0.15, 0.2) is 48.5 Å². The smallest absolute Gasteiger partial charge is 0.0722 e. The van der Waals surface area contributed by atoms with Crippen LogP contribution in [0.4, 0.5) is 0 Å². The minimum atomic E-state index is 0. The first-order chi connectivity index (χ1) is 11.3. The van der Waals surface area contributed by atoms with E-state index in [2.05, 4.69) is 65.4 Å². The molecule has 2 bridgehead atoms. The van der Waals surface area contributed by atoms with E-state index in [1.807, 2.05) is 0 Å².